The van der Waals surface area contributed by atoms with Gasteiger partial charge in [-0.15, -0.1) is 0 Å². The zero-order chi connectivity index (χ0) is 13.0. The number of halogens is 1. The second-order valence-corrected chi connectivity index (χ2v) is 4.94. The third kappa shape index (κ3) is 3.63. The van der Waals surface area contributed by atoms with Crippen molar-refractivity contribution in [3.05, 3.63) is 29.1 Å². The van der Waals surface area contributed by atoms with Crippen molar-refractivity contribution in [2.75, 3.05) is 17.7 Å². The van der Waals surface area contributed by atoms with E-state index >= 15 is 0 Å². The number of anilines is 1. The summed E-state index contributed by atoms with van der Waals surface area (Å²) in [7, 11) is 0. The molecule has 0 saturated carbocycles. The first kappa shape index (κ1) is 13.8. The van der Waals surface area contributed by atoms with Gasteiger partial charge in [0.25, 0.3) is 5.91 Å². The van der Waals surface area contributed by atoms with E-state index in [2.05, 4.69) is 5.32 Å². The van der Waals surface area contributed by atoms with Gasteiger partial charge < -0.3 is 11.1 Å². The SMILES string of the molecule is CSCC(C)NC(=O)c1cc(N)cc(C)c1F. The van der Waals surface area contributed by atoms with E-state index in [4.69, 9.17) is 5.73 Å². The second kappa shape index (κ2) is 5.91. The van der Waals surface area contributed by atoms with E-state index in [1.54, 1.807) is 18.7 Å². The minimum absolute atomic E-state index is 0.00126. The molecule has 3 N–H and O–H groups in total. The number of hydrogen-bond donors (Lipinski definition) is 2. The van der Waals surface area contributed by atoms with Gasteiger partial charge in [0.05, 0.1) is 5.56 Å². The Morgan fingerprint density at radius 2 is 2.24 bits per heavy atom. The Morgan fingerprint density at radius 1 is 1.59 bits per heavy atom. The molecule has 1 unspecified atom stereocenters. The van der Waals surface area contributed by atoms with Crippen molar-refractivity contribution in [1.29, 1.82) is 0 Å². The van der Waals surface area contributed by atoms with Crippen LogP contribution in [0.3, 0.4) is 0 Å². The van der Waals surface area contributed by atoms with Crippen LogP contribution < -0.4 is 11.1 Å². The number of carbonyl (C=O) groups excluding carboxylic acids is 1. The smallest absolute Gasteiger partial charge is 0.254 e. The van der Waals surface area contributed by atoms with Crippen molar-refractivity contribution in [3.63, 3.8) is 0 Å². The number of nitrogen functional groups attached to an aromatic ring is 1. The molecule has 94 valence electrons. The van der Waals surface area contributed by atoms with E-state index in [1.807, 2.05) is 13.2 Å². The Bertz CT molecular complexity index is 423. The first-order valence-electron chi connectivity index (χ1n) is 5.31. The van der Waals surface area contributed by atoms with Crippen molar-refractivity contribution < 1.29 is 9.18 Å². The summed E-state index contributed by atoms with van der Waals surface area (Å²) in [6, 6.07) is 2.87. The number of nitrogens with one attached hydrogen (secondary N) is 1. The van der Waals surface area contributed by atoms with Crippen LogP contribution in [0.2, 0.25) is 0 Å². The molecule has 0 bridgehead atoms. The molecule has 1 aromatic rings. The maximum atomic E-state index is 13.7. The van der Waals surface area contributed by atoms with Gasteiger partial charge in [-0.1, -0.05) is 0 Å². The molecule has 0 aliphatic carbocycles. The van der Waals surface area contributed by atoms with Crippen LogP contribution in [0.1, 0.15) is 22.8 Å². The summed E-state index contributed by atoms with van der Waals surface area (Å²) in [5.41, 5.74) is 6.39. The Balaban J connectivity index is 2.89. The molecule has 0 aliphatic heterocycles. The Kier molecular flexibility index (Phi) is 4.81. The van der Waals surface area contributed by atoms with Crippen LogP contribution in [0.5, 0.6) is 0 Å². The summed E-state index contributed by atoms with van der Waals surface area (Å²) < 4.78 is 13.7. The number of aryl methyl sites for hydroxylation is 1. The van der Waals surface area contributed by atoms with Crippen molar-refractivity contribution in [1.82, 2.24) is 5.32 Å². The van der Waals surface area contributed by atoms with Crippen LogP contribution >= 0.6 is 11.8 Å². The lowest BCUT2D eigenvalue weighted by atomic mass is 10.1. The summed E-state index contributed by atoms with van der Waals surface area (Å²) in [6.45, 7) is 3.47. The third-order valence-corrected chi connectivity index (χ3v) is 3.15. The predicted molar refractivity (Wildman–Crippen MR) is 70.9 cm³/mol. The Hall–Kier alpha value is -1.23. The Morgan fingerprint density at radius 3 is 2.82 bits per heavy atom. The van der Waals surface area contributed by atoms with E-state index in [0.29, 0.717) is 11.3 Å². The van der Waals surface area contributed by atoms with Crippen LogP contribution in [-0.4, -0.2) is 24.0 Å². The van der Waals surface area contributed by atoms with Gasteiger partial charge in [0.15, 0.2) is 0 Å². The monoisotopic (exact) mass is 256 g/mol. The molecule has 0 radical (unpaired) electrons. The number of benzene rings is 1. The average Bonchev–Trinajstić information content (AvgIpc) is 2.23. The van der Waals surface area contributed by atoms with Crippen LogP contribution in [0.25, 0.3) is 0 Å². The molecule has 0 heterocycles. The molecule has 17 heavy (non-hydrogen) atoms. The van der Waals surface area contributed by atoms with Gasteiger partial charge in [-0.05, 0) is 37.8 Å². The van der Waals surface area contributed by atoms with Crippen LogP contribution in [0.4, 0.5) is 10.1 Å². The third-order valence-electron chi connectivity index (χ3n) is 2.32. The minimum Gasteiger partial charge on any atom is -0.399 e. The highest BCUT2D eigenvalue weighted by atomic mass is 32.2. The van der Waals surface area contributed by atoms with Gasteiger partial charge in [0, 0.05) is 17.5 Å². The van der Waals surface area contributed by atoms with E-state index in [1.165, 1.54) is 12.1 Å². The molecule has 1 rings (SSSR count). The van der Waals surface area contributed by atoms with Crippen molar-refractivity contribution in [2.45, 2.75) is 19.9 Å². The Labute approximate surface area is 105 Å². The molecule has 0 fully saturated rings. The van der Waals surface area contributed by atoms with Gasteiger partial charge in [-0.2, -0.15) is 11.8 Å². The summed E-state index contributed by atoms with van der Waals surface area (Å²) in [6.07, 6.45) is 1.95. The summed E-state index contributed by atoms with van der Waals surface area (Å²) >= 11 is 1.62. The van der Waals surface area contributed by atoms with Gasteiger partial charge in [-0.25, -0.2) is 4.39 Å². The highest BCUT2D eigenvalue weighted by molar-refractivity contribution is 7.98. The average molecular weight is 256 g/mol. The molecule has 0 aromatic heterocycles. The topological polar surface area (TPSA) is 55.1 Å². The van der Waals surface area contributed by atoms with Gasteiger partial charge in [-0.3, -0.25) is 4.79 Å². The molecule has 3 nitrogen and oxygen atoms in total. The lowest BCUT2D eigenvalue weighted by Gasteiger charge is -2.13. The quantitative estimate of drug-likeness (QED) is 0.812. The fourth-order valence-corrected chi connectivity index (χ4v) is 2.14. The fraction of sp³-hybridized carbons (Fsp3) is 0.417. The van der Waals surface area contributed by atoms with Crippen LogP contribution in [0, 0.1) is 12.7 Å². The molecular formula is C12H17FN2OS. The molecule has 1 amide bonds. The summed E-state index contributed by atoms with van der Waals surface area (Å²) in [4.78, 5) is 11.8. The molecule has 0 saturated heterocycles. The number of thioether (sulfide) groups is 1. The largest absolute Gasteiger partial charge is 0.399 e. The van der Waals surface area contributed by atoms with Crippen molar-refractivity contribution in [2.24, 2.45) is 0 Å². The molecule has 1 aromatic carbocycles. The predicted octanol–water partition coefficient (Wildman–Crippen LogP) is 2.20. The van der Waals surface area contributed by atoms with Gasteiger partial charge >= 0.3 is 0 Å². The highest BCUT2D eigenvalue weighted by Gasteiger charge is 2.16. The molecule has 5 heteroatoms. The molecular weight excluding hydrogens is 239 g/mol. The van der Waals surface area contributed by atoms with Crippen LogP contribution in [-0.2, 0) is 0 Å². The zero-order valence-electron chi connectivity index (χ0n) is 10.2. The standard InChI is InChI=1S/C12H17FN2OS/c1-7-4-9(14)5-10(11(7)13)12(16)15-8(2)6-17-3/h4-5,8H,6,14H2,1-3H3,(H,15,16). The number of nitrogens with two attached hydrogens (primary N) is 1. The number of carbonyl (C=O) groups is 1. The lowest BCUT2D eigenvalue weighted by molar-refractivity contribution is 0.0939. The second-order valence-electron chi connectivity index (χ2n) is 4.03. The highest BCUT2D eigenvalue weighted by Crippen LogP contribution is 2.17. The summed E-state index contributed by atoms with van der Waals surface area (Å²) in [5, 5.41) is 2.74. The van der Waals surface area contributed by atoms with Gasteiger partial charge in [0.2, 0.25) is 0 Å². The van der Waals surface area contributed by atoms with Gasteiger partial charge in [0.1, 0.15) is 5.82 Å². The lowest BCUT2D eigenvalue weighted by Crippen LogP contribution is -2.34. The van der Waals surface area contributed by atoms with E-state index in [0.717, 1.165) is 5.75 Å². The summed E-state index contributed by atoms with van der Waals surface area (Å²) in [5.74, 6) is -0.137. The number of amides is 1. The maximum absolute atomic E-state index is 13.7. The fourth-order valence-electron chi connectivity index (χ4n) is 1.56. The van der Waals surface area contributed by atoms with Crippen molar-refractivity contribution >= 4 is 23.4 Å². The van der Waals surface area contributed by atoms with E-state index < -0.39 is 11.7 Å². The minimum atomic E-state index is -0.506. The van der Waals surface area contributed by atoms with Crippen molar-refractivity contribution in [3.8, 4) is 0 Å². The zero-order valence-corrected chi connectivity index (χ0v) is 11.0. The number of rotatable bonds is 4. The normalized spacial score (nSPS) is 12.2. The molecule has 1 atom stereocenters. The molecule has 0 spiro atoms. The van der Waals surface area contributed by atoms with E-state index in [-0.39, 0.29) is 11.6 Å². The first-order valence-corrected chi connectivity index (χ1v) is 6.70. The molecule has 0 aliphatic rings. The van der Waals surface area contributed by atoms with E-state index in [9.17, 15) is 9.18 Å². The maximum Gasteiger partial charge on any atom is 0.254 e. The first-order chi connectivity index (χ1) is 7.95. The number of hydrogen-bond acceptors (Lipinski definition) is 3. The van der Waals surface area contributed by atoms with Crippen LogP contribution in [0.15, 0.2) is 12.1 Å².